The van der Waals surface area contributed by atoms with Crippen molar-refractivity contribution in [1.29, 1.82) is 0 Å². The molecule has 5 rings (SSSR count). The molecule has 1 saturated heterocycles. The molecule has 31 heavy (non-hydrogen) atoms. The van der Waals surface area contributed by atoms with E-state index in [1.54, 1.807) is 6.08 Å². The van der Waals surface area contributed by atoms with Crippen LogP contribution in [-0.4, -0.2) is 21.0 Å². The molecule has 4 aromatic rings. The first kappa shape index (κ1) is 20.0. The minimum atomic E-state index is -0.216. The highest BCUT2D eigenvalue weighted by Gasteiger charge is 2.24. The highest BCUT2D eigenvalue weighted by atomic mass is 35.5. The third-order valence-electron chi connectivity index (χ3n) is 4.55. The number of aliphatic imine (C=N–C) groups is 1. The summed E-state index contributed by atoms with van der Waals surface area (Å²) in [6.07, 6.45) is 1.70. The second-order valence-corrected chi connectivity index (χ2v) is 9.11. The van der Waals surface area contributed by atoms with Crippen LogP contribution in [-0.2, 0) is 4.79 Å². The van der Waals surface area contributed by atoms with Crippen LogP contribution in [0.25, 0.3) is 17.1 Å². The van der Waals surface area contributed by atoms with Crippen molar-refractivity contribution in [2.24, 2.45) is 4.99 Å². The second kappa shape index (κ2) is 8.30. The van der Waals surface area contributed by atoms with Crippen molar-refractivity contribution in [2.45, 2.75) is 17.2 Å². The molecule has 3 heterocycles. The molecule has 1 aliphatic heterocycles. The number of H-pyrrole nitrogens is 1. The molecule has 0 spiro atoms. The van der Waals surface area contributed by atoms with E-state index in [4.69, 9.17) is 16.0 Å². The number of nitrogens with zero attached hydrogens (tertiary/aromatic N) is 2. The van der Waals surface area contributed by atoms with Crippen molar-refractivity contribution < 1.29 is 9.21 Å². The maximum absolute atomic E-state index is 12.4. The zero-order valence-electron chi connectivity index (χ0n) is 16.2. The fourth-order valence-electron chi connectivity index (χ4n) is 2.98. The van der Waals surface area contributed by atoms with E-state index in [9.17, 15) is 4.79 Å². The number of thioether (sulfide) groups is 1. The van der Waals surface area contributed by atoms with E-state index in [-0.39, 0.29) is 5.91 Å². The lowest BCUT2D eigenvalue weighted by atomic mass is 10.2. The van der Waals surface area contributed by atoms with Crippen LogP contribution in [0.15, 0.2) is 79.2 Å². The molecule has 2 aromatic heterocycles. The Kier molecular flexibility index (Phi) is 5.35. The van der Waals surface area contributed by atoms with Crippen molar-refractivity contribution in [3.05, 3.63) is 75.8 Å². The van der Waals surface area contributed by atoms with Gasteiger partial charge in [-0.3, -0.25) is 4.79 Å². The Balaban J connectivity index is 1.33. The van der Waals surface area contributed by atoms with Crippen LogP contribution in [0, 0.1) is 6.92 Å². The minimum absolute atomic E-state index is 0.216. The molecule has 0 atom stereocenters. The number of rotatable bonds is 4. The topological polar surface area (TPSA) is 83.3 Å². The average molecular weight is 467 g/mol. The molecule has 0 bridgehead atoms. The van der Waals surface area contributed by atoms with Gasteiger partial charge in [0.25, 0.3) is 5.91 Å². The molecule has 0 radical (unpaired) electrons. The third-order valence-corrected chi connectivity index (χ3v) is 6.68. The van der Waals surface area contributed by atoms with E-state index in [0.717, 1.165) is 27.4 Å². The van der Waals surface area contributed by atoms with E-state index in [2.05, 4.69) is 20.3 Å². The first-order valence-corrected chi connectivity index (χ1v) is 11.3. The molecule has 1 aliphatic rings. The third kappa shape index (κ3) is 4.27. The smallest absolute Gasteiger partial charge is 0.264 e. The van der Waals surface area contributed by atoms with Crippen molar-refractivity contribution in [3.8, 4) is 0 Å². The summed E-state index contributed by atoms with van der Waals surface area (Å²) in [4.78, 5) is 25.2. The number of hydrogen-bond acceptors (Lipinski definition) is 6. The number of fused-ring (bicyclic) bond motifs is 1. The lowest BCUT2D eigenvalue weighted by molar-refractivity contribution is -0.115. The maximum Gasteiger partial charge on any atom is 0.264 e. The first-order chi connectivity index (χ1) is 15.0. The van der Waals surface area contributed by atoms with Crippen molar-refractivity contribution in [3.63, 3.8) is 0 Å². The van der Waals surface area contributed by atoms with E-state index in [1.807, 2.05) is 61.5 Å². The number of para-hydroxylation sites is 2. The standard InChI is InChI=1S/C22H15ClN4O2S2/c1-12-14(23)5-4-8-15(12)24-22-27-20(28)18(30-22)11-13-9-10-19(29-13)31-21-25-16-6-2-3-7-17(16)26-21/h2-11H,1H3,(H,25,26)(H,24,27,28)/b18-11-. The fraction of sp³-hybridized carbons (Fsp3) is 0.0455. The van der Waals surface area contributed by atoms with Gasteiger partial charge in [-0.25, -0.2) is 9.98 Å². The summed E-state index contributed by atoms with van der Waals surface area (Å²) < 4.78 is 5.86. The van der Waals surface area contributed by atoms with Crippen LogP contribution in [0.4, 0.5) is 5.69 Å². The van der Waals surface area contributed by atoms with E-state index in [1.165, 1.54) is 23.5 Å². The van der Waals surface area contributed by atoms with E-state index >= 15 is 0 Å². The number of aromatic amines is 1. The van der Waals surface area contributed by atoms with Gasteiger partial charge in [-0.2, -0.15) is 0 Å². The number of carbonyl (C=O) groups excluding carboxylic acids is 1. The number of nitrogens with one attached hydrogen (secondary N) is 2. The molecule has 1 fully saturated rings. The van der Waals surface area contributed by atoms with Gasteiger partial charge in [0.2, 0.25) is 0 Å². The first-order valence-electron chi connectivity index (χ1n) is 9.32. The number of imidazole rings is 1. The fourth-order valence-corrected chi connectivity index (χ4v) is 4.73. The van der Waals surface area contributed by atoms with Crippen molar-refractivity contribution >= 4 is 69.0 Å². The minimum Gasteiger partial charge on any atom is -0.450 e. The van der Waals surface area contributed by atoms with Crippen molar-refractivity contribution in [1.82, 2.24) is 15.3 Å². The Hall–Kier alpha value is -2.94. The highest BCUT2D eigenvalue weighted by molar-refractivity contribution is 8.18. The number of carbonyl (C=O) groups is 1. The van der Waals surface area contributed by atoms with Gasteiger partial charge in [0.1, 0.15) is 5.76 Å². The zero-order valence-corrected chi connectivity index (χ0v) is 18.6. The monoisotopic (exact) mass is 466 g/mol. The Morgan fingerprint density at radius 1 is 1.16 bits per heavy atom. The molecule has 0 unspecified atom stereocenters. The van der Waals surface area contributed by atoms with Gasteiger partial charge < -0.3 is 14.7 Å². The molecule has 9 heteroatoms. The zero-order chi connectivity index (χ0) is 21.4. The van der Waals surface area contributed by atoms with Gasteiger partial charge in [0, 0.05) is 11.1 Å². The van der Waals surface area contributed by atoms with Crippen LogP contribution in [0.5, 0.6) is 0 Å². The van der Waals surface area contributed by atoms with E-state index < -0.39 is 0 Å². The second-order valence-electron chi connectivity index (χ2n) is 6.68. The number of hydrogen-bond donors (Lipinski definition) is 2. The van der Waals surface area contributed by atoms with Gasteiger partial charge in [-0.05, 0) is 72.4 Å². The van der Waals surface area contributed by atoms with Crippen LogP contribution >= 0.6 is 35.1 Å². The summed E-state index contributed by atoms with van der Waals surface area (Å²) >= 11 is 8.80. The molecule has 2 aromatic carbocycles. The normalized spacial score (nSPS) is 16.5. The number of benzene rings is 2. The van der Waals surface area contributed by atoms with Gasteiger partial charge in [0.05, 0.1) is 21.6 Å². The summed E-state index contributed by atoms with van der Waals surface area (Å²) in [7, 11) is 0. The Morgan fingerprint density at radius 2 is 2.03 bits per heavy atom. The predicted molar refractivity (Wildman–Crippen MR) is 126 cm³/mol. The molecule has 1 amide bonds. The Morgan fingerprint density at radius 3 is 2.90 bits per heavy atom. The molecule has 0 saturated carbocycles. The maximum atomic E-state index is 12.4. The highest BCUT2D eigenvalue weighted by Crippen LogP contribution is 2.33. The molecular formula is C22H15ClN4O2S2. The van der Waals surface area contributed by atoms with E-state index in [0.29, 0.717) is 25.9 Å². The average Bonchev–Trinajstić information content (AvgIpc) is 3.45. The van der Waals surface area contributed by atoms with Gasteiger partial charge in [-0.1, -0.05) is 29.8 Å². The van der Waals surface area contributed by atoms with Gasteiger partial charge in [-0.15, -0.1) is 0 Å². The number of halogens is 1. The van der Waals surface area contributed by atoms with Crippen LogP contribution in [0.3, 0.4) is 0 Å². The lowest BCUT2D eigenvalue weighted by Gasteiger charge is -2.02. The van der Waals surface area contributed by atoms with Crippen LogP contribution < -0.4 is 5.32 Å². The quantitative estimate of drug-likeness (QED) is 0.352. The predicted octanol–water partition coefficient (Wildman–Crippen LogP) is 6.16. The van der Waals surface area contributed by atoms with Gasteiger partial charge >= 0.3 is 0 Å². The molecular weight excluding hydrogens is 452 g/mol. The number of amidine groups is 1. The van der Waals surface area contributed by atoms with Gasteiger partial charge in [0.15, 0.2) is 15.4 Å². The number of amides is 1. The largest absolute Gasteiger partial charge is 0.450 e. The number of aromatic nitrogens is 2. The number of furan rings is 1. The van der Waals surface area contributed by atoms with Crippen LogP contribution in [0.2, 0.25) is 5.02 Å². The molecule has 0 aliphatic carbocycles. The molecule has 154 valence electrons. The Labute approximate surface area is 191 Å². The molecule has 6 nitrogen and oxygen atoms in total. The summed E-state index contributed by atoms with van der Waals surface area (Å²) in [5.41, 5.74) is 3.46. The summed E-state index contributed by atoms with van der Waals surface area (Å²) in [6, 6.07) is 17.0. The van der Waals surface area contributed by atoms with Crippen LogP contribution in [0.1, 0.15) is 11.3 Å². The lowest BCUT2D eigenvalue weighted by Crippen LogP contribution is -2.19. The molecule has 2 N–H and O–H groups in total. The summed E-state index contributed by atoms with van der Waals surface area (Å²) in [5.74, 6) is 0.364. The SMILES string of the molecule is Cc1c(Cl)cccc1N=C1NC(=O)/C(=C/c2ccc(Sc3nc4ccccc4[nH]3)o2)S1. The summed E-state index contributed by atoms with van der Waals surface area (Å²) in [5, 5.41) is 5.35. The Bertz CT molecular complexity index is 1340. The van der Waals surface area contributed by atoms with Crippen molar-refractivity contribution in [2.75, 3.05) is 0 Å². The summed E-state index contributed by atoms with van der Waals surface area (Å²) in [6.45, 7) is 1.89.